The molecule has 1 aliphatic carbocycles. The monoisotopic (exact) mass is 136 g/mol. The fraction of sp³-hybridized carbons (Fsp3) is 0.600. The summed E-state index contributed by atoms with van der Waals surface area (Å²) in [6.45, 7) is 4.46. The van der Waals surface area contributed by atoms with E-state index in [-0.39, 0.29) is 0 Å². The molecule has 0 fully saturated rings. The molecule has 0 unspecified atom stereocenters. The van der Waals surface area contributed by atoms with Crippen molar-refractivity contribution in [2.75, 3.05) is 0 Å². The zero-order chi connectivity index (χ0) is 7.40. The van der Waals surface area contributed by atoms with Crippen LogP contribution in [0, 0.1) is 0 Å². The molecule has 0 saturated carbocycles. The second-order valence-electron chi connectivity index (χ2n) is 2.96. The lowest BCUT2D eigenvalue weighted by Gasteiger charge is -2.00. The van der Waals surface area contributed by atoms with Crippen LogP contribution in [-0.4, -0.2) is 0 Å². The van der Waals surface area contributed by atoms with Gasteiger partial charge in [0.15, 0.2) is 0 Å². The maximum atomic E-state index is 2.35. The standard InChI is InChI=1S/C10H16/c1-3-4-7-10-8-5-6-9(10)2/h6,8H,3-5,7H2,1-2H3. The van der Waals surface area contributed by atoms with Gasteiger partial charge in [0.05, 0.1) is 0 Å². The molecule has 1 aliphatic rings. The Kier molecular flexibility index (Phi) is 2.73. The van der Waals surface area contributed by atoms with Gasteiger partial charge in [-0.25, -0.2) is 0 Å². The van der Waals surface area contributed by atoms with Gasteiger partial charge in [-0.05, 0) is 31.8 Å². The zero-order valence-corrected chi connectivity index (χ0v) is 6.98. The molecule has 0 atom stereocenters. The molecule has 0 nitrogen and oxygen atoms in total. The first-order chi connectivity index (χ1) is 4.84. The third-order valence-corrected chi connectivity index (χ3v) is 2.09. The van der Waals surface area contributed by atoms with Gasteiger partial charge < -0.3 is 0 Å². The Morgan fingerprint density at radius 1 is 1.40 bits per heavy atom. The number of unbranched alkanes of at least 4 members (excludes halogenated alkanes) is 1. The molecule has 10 heavy (non-hydrogen) atoms. The van der Waals surface area contributed by atoms with E-state index in [1.165, 1.54) is 31.3 Å². The Balaban J connectivity index is 2.35. The molecule has 0 saturated heterocycles. The number of hydrogen-bond acceptors (Lipinski definition) is 0. The zero-order valence-electron chi connectivity index (χ0n) is 6.98. The summed E-state index contributed by atoms with van der Waals surface area (Å²) in [4.78, 5) is 0. The highest BCUT2D eigenvalue weighted by Crippen LogP contribution is 2.22. The van der Waals surface area contributed by atoms with Gasteiger partial charge in [0.25, 0.3) is 0 Å². The highest BCUT2D eigenvalue weighted by molar-refractivity contribution is 5.34. The maximum absolute atomic E-state index is 2.35. The fourth-order valence-electron chi connectivity index (χ4n) is 1.34. The number of allylic oxidation sites excluding steroid dienone is 4. The summed E-state index contributed by atoms with van der Waals surface area (Å²) in [6, 6.07) is 0. The molecule has 0 bridgehead atoms. The molecule has 56 valence electrons. The first-order valence-corrected chi connectivity index (χ1v) is 4.20. The van der Waals surface area contributed by atoms with Crippen LogP contribution < -0.4 is 0 Å². The van der Waals surface area contributed by atoms with Crippen molar-refractivity contribution in [1.82, 2.24) is 0 Å². The predicted octanol–water partition coefficient (Wildman–Crippen LogP) is 3.45. The van der Waals surface area contributed by atoms with Crippen molar-refractivity contribution in [1.29, 1.82) is 0 Å². The minimum atomic E-state index is 1.17. The molecule has 0 aromatic carbocycles. The van der Waals surface area contributed by atoms with Crippen LogP contribution in [-0.2, 0) is 0 Å². The highest BCUT2D eigenvalue weighted by Gasteiger charge is 2.02. The van der Waals surface area contributed by atoms with Crippen LogP contribution in [0.1, 0.15) is 39.5 Å². The Hall–Kier alpha value is -0.520. The summed E-state index contributed by atoms with van der Waals surface area (Å²) in [5.74, 6) is 0. The molecule has 1 rings (SSSR count). The van der Waals surface area contributed by atoms with Crippen LogP contribution in [0.15, 0.2) is 23.3 Å². The summed E-state index contributed by atoms with van der Waals surface area (Å²) in [7, 11) is 0. The van der Waals surface area contributed by atoms with E-state index in [1.54, 1.807) is 5.57 Å². The summed E-state index contributed by atoms with van der Waals surface area (Å²) in [6.07, 6.45) is 9.78. The van der Waals surface area contributed by atoms with Gasteiger partial charge in [0.1, 0.15) is 0 Å². The molecule has 0 heterocycles. The quantitative estimate of drug-likeness (QED) is 0.557. The van der Waals surface area contributed by atoms with Crippen molar-refractivity contribution in [3.8, 4) is 0 Å². The Labute approximate surface area is 63.6 Å². The molecule has 0 aromatic rings. The lowest BCUT2D eigenvalue weighted by Crippen LogP contribution is -1.81. The van der Waals surface area contributed by atoms with Gasteiger partial charge in [-0.3, -0.25) is 0 Å². The van der Waals surface area contributed by atoms with Crippen molar-refractivity contribution in [2.45, 2.75) is 39.5 Å². The Morgan fingerprint density at radius 2 is 2.20 bits per heavy atom. The van der Waals surface area contributed by atoms with E-state index in [4.69, 9.17) is 0 Å². The third-order valence-electron chi connectivity index (χ3n) is 2.09. The molecule has 0 amide bonds. The first-order valence-electron chi connectivity index (χ1n) is 4.20. The summed E-state index contributed by atoms with van der Waals surface area (Å²) in [5, 5.41) is 0. The largest absolute Gasteiger partial charge is 0.0775 e. The van der Waals surface area contributed by atoms with E-state index < -0.39 is 0 Å². The van der Waals surface area contributed by atoms with E-state index >= 15 is 0 Å². The number of hydrogen-bond donors (Lipinski definition) is 0. The lowest BCUT2D eigenvalue weighted by atomic mass is 10.1. The van der Waals surface area contributed by atoms with Crippen LogP contribution in [0.5, 0.6) is 0 Å². The smallest absolute Gasteiger partial charge is 0.0157 e. The Bertz CT molecular complexity index is 161. The molecule has 0 N–H and O–H groups in total. The van der Waals surface area contributed by atoms with Crippen molar-refractivity contribution < 1.29 is 0 Å². The van der Waals surface area contributed by atoms with E-state index in [0.717, 1.165) is 0 Å². The van der Waals surface area contributed by atoms with Crippen LogP contribution >= 0.6 is 0 Å². The normalized spacial score (nSPS) is 17.0. The molecular weight excluding hydrogens is 120 g/mol. The average molecular weight is 136 g/mol. The van der Waals surface area contributed by atoms with Crippen LogP contribution in [0.4, 0.5) is 0 Å². The molecule has 0 aliphatic heterocycles. The molecule has 0 heteroatoms. The van der Waals surface area contributed by atoms with Crippen LogP contribution in [0.2, 0.25) is 0 Å². The average Bonchev–Trinajstić information content (AvgIpc) is 2.31. The SMILES string of the molecule is CCCCC1=CCC=C1C. The molecule has 0 spiro atoms. The first kappa shape index (κ1) is 7.59. The highest BCUT2D eigenvalue weighted by atomic mass is 14.1. The summed E-state index contributed by atoms with van der Waals surface area (Å²) >= 11 is 0. The van der Waals surface area contributed by atoms with Gasteiger partial charge in [-0.2, -0.15) is 0 Å². The summed E-state index contributed by atoms with van der Waals surface area (Å²) < 4.78 is 0. The fourth-order valence-corrected chi connectivity index (χ4v) is 1.34. The van der Waals surface area contributed by atoms with Crippen molar-refractivity contribution >= 4 is 0 Å². The van der Waals surface area contributed by atoms with Gasteiger partial charge in [0.2, 0.25) is 0 Å². The van der Waals surface area contributed by atoms with Gasteiger partial charge in [0, 0.05) is 0 Å². The number of rotatable bonds is 3. The second-order valence-corrected chi connectivity index (χ2v) is 2.96. The van der Waals surface area contributed by atoms with E-state index in [0.29, 0.717) is 0 Å². The van der Waals surface area contributed by atoms with Crippen molar-refractivity contribution in [3.63, 3.8) is 0 Å². The second kappa shape index (κ2) is 3.60. The maximum Gasteiger partial charge on any atom is -0.0157 e. The minimum absolute atomic E-state index is 1.17. The Morgan fingerprint density at radius 3 is 2.70 bits per heavy atom. The lowest BCUT2D eigenvalue weighted by molar-refractivity contribution is 0.792. The van der Waals surface area contributed by atoms with Crippen LogP contribution in [0.3, 0.4) is 0 Å². The van der Waals surface area contributed by atoms with Gasteiger partial charge in [-0.15, -0.1) is 0 Å². The minimum Gasteiger partial charge on any atom is -0.0775 e. The van der Waals surface area contributed by atoms with E-state index in [2.05, 4.69) is 26.0 Å². The van der Waals surface area contributed by atoms with Crippen LogP contribution in [0.25, 0.3) is 0 Å². The summed E-state index contributed by atoms with van der Waals surface area (Å²) in [5.41, 5.74) is 3.09. The van der Waals surface area contributed by atoms with Crippen molar-refractivity contribution in [2.24, 2.45) is 0 Å². The van der Waals surface area contributed by atoms with Crippen molar-refractivity contribution in [3.05, 3.63) is 23.3 Å². The molecular formula is C10H16. The predicted molar refractivity (Wildman–Crippen MR) is 46.0 cm³/mol. The topological polar surface area (TPSA) is 0 Å². The molecule has 0 radical (unpaired) electrons. The molecule has 0 aromatic heterocycles. The third kappa shape index (κ3) is 1.73. The van der Waals surface area contributed by atoms with Gasteiger partial charge >= 0.3 is 0 Å². The van der Waals surface area contributed by atoms with Gasteiger partial charge in [-0.1, -0.05) is 31.1 Å². The van der Waals surface area contributed by atoms with E-state index in [9.17, 15) is 0 Å². The van der Waals surface area contributed by atoms with E-state index in [1.807, 2.05) is 0 Å².